The molecule has 2 aromatic rings. The van der Waals surface area contributed by atoms with E-state index in [2.05, 4.69) is 14.3 Å². The van der Waals surface area contributed by atoms with Crippen molar-refractivity contribution in [1.82, 2.24) is 14.3 Å². The fourth-order valence-electron chi connectivity index (χ4n) is 1.02. The van der Waals surface area contributed by atoms with Crippen LogP contribution < -0.4 is 0 Å². The van der Waals surface area contributed by atoms with Gasteiger partial charge in [0.15, 0.2) is 5.82 Å². The number of nitrogens with one attached hydrogen (secondary N) is 1. The Bertz CT molecular complexity index is 462. The van der Waals surface area contributed by atoms with Gasteiger partial charge >= 0.3 is 0 Å². The molecule has 1 N–H and O–H groups in total. The quantitative estimate of drug-likeness (QED) is 0.744. The van der Waals surface area contributed by atoms with Gasteiger partial charge in [-0.25, -0.2) is 4.98 Å². The van der Waals surface area contributed by atoms with Gasteiger partial charge in [0.05, 0.1) is 0 Å². The van der Waals surface area contributed by atoms with Crippen LogP contribution in [0.25, 0.3) is 11.4 Å². The van der Waals surface area contributed by atoms with E-state index in [9.17, 15) is 0 Å². The molecule has 0 aliphatic carbocycles. The summed E-state index contributed by atoms with van der Waals surface area (Å²) < 4.78 is 4.06. The molecule has 13 heavy (non-hydrogen) atoms. The van der Waals surface area contributed by atoms with Crippen LogP contribution in [-0.4, -0.2) is 14.3 Å². The lowest BCUT2D eigenvalue weighted by molar-refractivity contribution is 1.26. The van der Waals surface area contributed by atoms with Gasteiger partial charge in [-0.3, -0.25) is 0 Å². The topological polar surface area (TPSA) is 65.4 Å². The summed E-state index contributed by atoms with van der Waals surface area (Å²) in [6.45, 7) is 1.96. The first kappa shape index (κ1) is 7.95. The van der Waals surface area contributed by atoms with Crippen LogP contribution in [0.1, 0.15) is 10.7 Å². The highest BCUT2D eigenvalue weighted by Crippen LogP contribution is 2.18. The number of aromatic amines is 1. The Morgan fingerprint density at radius 3 is 3.00 bits per heavy atom. The zero-order chi connectivity index (χ0) is 9.26. The summed E-state index contributed by atoms with van der Waals surface area (Å²) in [5, 5.41) is 8.95. The number of nitriles is 1. The Hall–Kier alpha value is -1.67. The van der Waals surface area contributed by atoms with Crippen LogP contribution in [0.3, 0.4) is 0 Å². The van der Waals surface area contributed by atoms with E-state index in [1.165, 1.54) is 0 Å². The number of H-pyrrole nitrogens is 1. The van der Waals surface area contributed by atoms with Crippen molar-refractivity contribution in [2.24, 2.45) is 0 Å². The third kappa shape index (κ3) is 1.44. The van der Waals surface area contributed by atoms with E-state index in [-0.39, 0.29) is 0 Å². The van der Waals surface area contributed by atoms with Crippen LogP contribution in [-0.2, 0) is 0 Å². The molecule has 0 aromatic carbocycles. The van der Waals surface area contributed by atoms with Crippen molar-refractivity contribution in [2.75, 3.05) is 0 Å². The van der Waals surface area contributed by atoms with Crippen LogP contribution in [0.2, 0.25) is 0 Å². The van der Waals surface area contributed by atoms with Crippen LogP contribution in [0.4, 0.5) is 0 Å². The average molecular weight is 190 g/mol. The molecule has 0 fully saturated rings. The van der Waals surface area contributed by atoms with Crippen molar-refractivity contribution in [3.63, 3.8) is 0 Å². The molecule has 2 heterocycles. The molecule has 0 aliphatic rings. The van der Waals surface area contributed by atoms with Crippen molar-refractivity contribution in [3.8, 4) is 17.5 Å². The molecule has 0 saturated carbocycles. The number of aromatic nitrogens is 3. The first-order valence-corrected chi connectivity index (χ1v) is 4.46. The van der Waals surface area contributed by atoms with Crippen LogP contribution in [0.15, 0.2) is 12.3 Å². The molecule has 0 saturated heterocycles. The largest absolute Gasteiger partial charge is 0.364 e. The van der Waals surface area contributed by atoms with Crippen molar-refractivity contribution in [3.05, 3.63) is 23.0 Å². The van der Waals surface area contributed by atoms with Gasteiger partial charge in [-0.2, -0.15) is 9.64 Å². The Kier molecular flexibility index (Phi) is 1.83. The summed E-state index contributed by atoms with van der Waals surface area (Å²) in [5.41, 5.74) is 1.98. The van der Waals surface area contributed by atoms with E-state index in [4.69, 9.17) is 5.26 Å². The zero-order valence-corrected chi connectivity index (χ0v) is 7.72. The van der Waals surface area contributed by atoms with E-state index >= 15 is 0 Å². The van der Waals surface area contributed by atoms with E-state index in [0.717, 1.165) is 22.8 Å². The predicted octanol–water partition coefficient (Wildman–Crippen LogP) is 1.71. The second kappa shape index (κ2) is 2.99. The molecule has 0 aliphatic heterocycles. The van der Waals surface area contributed by atoms with E-state index < -0.39 is 0 Å². The molecule has 0 unspecified atom stereocenters. The fraction of sp³-hybridized carbons (Fsp3) is 0.125. The Morgan fingerprint density at radius 1 is 1.62 bits per heavy atom. The van der Waals surface area contributed by atoms with Gasteiger partial charge < -0.3 is 4.98 Å². The Morgan fingerprint density at radius 2 is 2.46 bits per heavy atom. The maximum atomic E-state index is 8.55. The molecule has 0 atom stereocenters. The highest BCUT2D eigenvalue weighted by atomic mass is 32.1. The normalized spacial score (nSPS) is 9.85. The van der Waals surface area contributed by atoms with Gasteiger partial charge in [-0.1, -0.05) is 0 Å². The van der Waals surface area contributed by atoms with Gasteiger partial charge in [0, 0.05) is 17.5 Å². The van der Waals surface area contributed by atoms with E-state index in [1.54, 1.807) is 0 Å². The zero-order valence-electron chi connectivity index (χ0n) is 6.90. The molecule has 2 rings (SSSR count). The van der Waals surface area contributed by atoms with Crippen LogP contribution >= 0.6 is 11.5 Å². The highest BCUT2D eigenvalue weighted by molar-refractivity contribution is 7.06. The van der Waals surface area contributed by atoms with Gasteiger partial charge in [0.25, 0.3) is 0 Å². The van der Waals surface area contributed by atoms with Gasteiger partial charge in [-0.05, 0) is 24.5 Å². The molecule has 2 aromatic heterocycles. The second-order valence-corrected chi connectivity index (χ2v) is 3.36. The minimum absolute atomic E-state index is 0.397. The predicted molar refractivity (Wildman–Crippen MR) is 49.1 cm³/mol. The monoisotopic (exact) mass is 190 g/mol. The summed E-state index contributed by atoms with van der Waals surface area (Å²) in [4.78, 5) is 7.07. The number of hydrogen-bond acceptors (Lipinski definition) is 4. The van der Waals surface area contributed by atoms with Gasteiger partial charge in [0.2, 0.25) is 5.01 Å². The minimum atomic E-state index is 0.397. The van der Waals surface area contributed by atoms with Crippen LogP contribution in [0.5, 0.6) is 0 Å². The second-order valence-electron chi connectivity index (χ2n) is 2.61. The molecular weight excluding hydrogens is 184 g/mol. The summed E-state index contributed by atoms with van der Waals surface area (Å²) in [6, 6.07) is 3.91. The molecule has 0 spiro atoms. The first-order chi connectivity index (χ1) is 6.29. The third-order valence-electron chi connectivity index (χ3n) is 1.61. The Labute approximate surface area is 79.0 Å². The molecule has 0 amide bonds. The molecule has 5 heteroatoms. The standard InChI is InChI=1S/C8H6N4S/c1-5-2-6(4-10-5)8-11-7(3-9)13-12-8/h2,4,10H,1H3. The van der Waals surface area contributed by atoms with Crippen LogP contribution in [0, 0.1) is 18.3 Å². The Balaban J connectivity index is 2.42. The third-order valence-corrected chi connectivity index (χ3v) is 2.23. The molecule has 0 bridgehead atoms. The number of nitrogens with zero attached hydrogens (tertiary/aromatic N) is 3. The summed E-state index contributed by atoms with van der Waals surface area (Å²) in [7, 11) is 0. The first-order valence-electron chi connectivity index (χ1n) is 3.69. The van der Waals surface area contributed by atoms with Gasteiger partial charge in [-0.15, -0.1) is 0 Å². The maximum absolute atomic E-state index is 8.55. The average Bonchev–Trinajstić information content (AvgIpc) is 2.71. The minimum Gasteiger partial charge on any atom is -0.364 e. The maximum Gasteiger partial charge on any atom is 0.214 e. The number of hydrogen-bond donors (Lipinski definition) is 1. The lowest BCUT2D eigenvalue weighted by atomic mass is 10.3. The summed E-state index contributed by atoms with van der Waals surface area (Å²) >= 11 is 1.12. The van der Waals surface area contributed by atoms with E-state index in [1.807, 2.05) is 25.3 Å². The number of aryl methyl sites for hydroxylation is 1. The smallest absolute Gasteiger partial charge is 0.214 e. The molecule has 4 nitrogen and oxygen atoms in total. The lowest BCUT2D eigenvalue weighted by Gasteiger charge is -1.83. The molecule has 0 radical (unpaired) electrons. The van der Waals surface area contributed by atoms with Crippen molar-refractivity contribution in [2.45, 2.75) is 6.92 Å². The van der Waals surface area contributed by atoms with Gasteiger partial charge in [0.1, 0.15) is 6.07 Å². The molecular formula is C8H6N4S. The summed E-state index contributed by atoms with van der Waals surface area (Å²) in [6.07, 6.45) is 1.83. The van der Waals surface area contributed by atoms with Crippen molar-refractivity contribution in [1.29, 1.82) is 5.26 Å². The number of rotatable bonds is 1. The molecule has 64 valence electrons. The van der Waals surface area contributed by atoms with Crippen molar-refractivity contribution >= 4 is 11.5 Å². The summed E-state index contributed by atoms with van der Waals surface area (Å²) in [5.74, 6) is 0.617. The van der Waals surface area contributed by atoms with Crippen molar-refractivity contribution < 1.29 is 0 Å². The highest BCUT2D eigenvalue weighted by Gasteiger charge is 2.06. The fourth-order valence-corrected chi connectivity index (χ4v) is 1.51. The SMILES string of the molecule is Cc1cc(-c2nsc(C#N)n2)c[nH]1. The van der Waals surface area contributed by atoms with E-state index in [0.29, 0.717) is 10.8 Å². The lowest BCUT2D eigenvalue weighted by Crippen LogP contribution is -1.76.